The Labute approximate surface area is 108 Å². The van der Waals surface area contributed by atoms with Crippen molar-refractivity contribution in [1.82, 2.24) is 0 Å². The predicted molar refractivity (Wildman–Crippen MR) is 72.5 cm³/mol. The van der Waals surface area contributed by atoms with Crippen molar-refractivity contribution in [3.05, 3.63) is 28.8 Å². The van der Waals surface area contributed by atoms with Gasteiger partial charge in [-0.05, 0) is 37.8 Å². The Morgan fingerprint density at radius 2 is 2.12 bits per heavy atom. The molecule has 3 heteroatoms. The third kappa shape index (κ3) is 3.14. The fourth-order valence-corrected chi connectivity index (χ4v) is 2.92. The average molecular weight is 254 g/mol. The normalized spacial score (nSPS) is 18.3. The second kappa shape index (κ2) is 5.74. The largest absolute Gasteiger partial charge is 0.389 e. The lowest BCUT2D eigenvalue weighted by atomic mass is 10.1. The van der Waals surface area contributed by atoms with Crippen LogP contribution in [0.4, 0.5) is 5.69 Å². The van der Waals surface area contributed by atoms with E-state index in [1.54, 1.807) is 6.92 Å². The summed E-state index contributed by atoms with van der Waals surface area (Å²) < 4.78 is 0. The van der Waals surface area contributed by atoms with Crippen LogP contribution < -0.4 is 5.32 Å². The van der Waals surface area contributed by atoms with E-state index in [4.69, 9.17) is 11.6 Å². The summed E-state index contributed by atoms with van der Waals surface area (Å²) in [5, 5.41) is 13.8. The molecular weight excluding hydrogens is 234 g/mol. The predicted octanol–water partition coefficient (Wildman–Crippen LogP) is 4.00. The topological polar surface area (TPSA) is 32.3 Å². The van der Waals surface area contributed by atoms with Crippen LogP contribution in [0.25, 0.3) is 0 Å². The Hall–Kier alpha value is -0.730. The number of halogens is 1. The van der Waals surface area contributed by atoms with Crippen LogP contribution in [0, 0.1) is 5.92 Å². The Balaban J connectivity index is 2.06. The molecule has 1 fully saturated rings. The van der Waals surface area contributed by atoms with Crippen molar-refractivity contribution in [3.8, 4) is 0 Å². The summed E-state index contributed by atoms with van der Waals surface area (Å²) in [5.41, 5.74) is 1.78. The van der Waals surface area contributed by atoms with Gasteiger partial charge in [0.15, 0.2) is 0 Å². The Bertz CT molecular complexity index is 372. The monoisotopic (exact) mass is 253 g/mol. The van der Waals surface area contributed by atoms with Crippen LogP contribution in [0.2, 0.25) is 5.02 Å². The van der Waals surface area contributed by atoms with Gasteiger partial charge >= 0.3 is 0 Å². The van der Waals surface area contributed by atoms with Gasteiger partial charge in [-0.2, -0.15) is 0 Å². The fourth-order valence-electron chi connectivity index (χ4n) is 2.58. The molecule has 1 atom stereocenters. The highest BCUT2D eigenvalue weighted by molar-refractivity contribution is 6.31. The van der Waals surface area contributed by atoms with Crippen molar-refractivity contribution in [2.75, 3.05) is 11.9 Å². The van der Waals surface area contributed by atoms with Crippen LogP contribution >= 0.6 is 11.6 Å². The van der Waals surface area contributed by atoms with E-state index in [-0.39, 0.29) is 0 Å². The number of benzene rings is 1. The van der Waals surface area contributed by atoms with Gasteiger partial charge in [-0.15, -0.1) is 0 Å². The van der Waals surface area contributed by atoms with Crippen LogP contribution in [0.3, 0.4) is 0 Å². The van der Waals surface area contributed by atoms with Gasteiger partial charge in [0.05, 0.1) is 6.10 Å². The summed E-state index contributed by atoms with van der Waals surface area (Å²) in [6.07, 6.45) is 4.81. The van der Waals surface area contributed by atoms with Crippen LogP contribution in [0.15, 0.2) is 18.2 Å². The number of anilines is 1. The van der Waals surface area contributed by atoms with E-state index in [0.717, 1.165) is 23.7 Å². The first kappa shape index (κ1) is 12.7. The van der Waals surface area contributed by atoms with Gasteiger partial charge in [0.2, 0.25) is 0 Å². The van der Waals surface area contributed by atoms with Gasteiger partial charge in [-0.3, -0.25) is 0 Å². The molecule has 0 radical (unpaired) electrons. The van der Waals surface area contributed by atoms with Gasteiger partial charge in [-0.25, -0.2) is 0 Å². The molecule has 1 saturated carbocycles. The second-order valence-electron chi connectivity index (χ2n) is 4.91. The molecule has 0 saturated heterocycles. The van der Waals surface area contributed by atoms with E-state index in [1.807, 2.05) is 18.2 Å². The Kier molecular flexibility index (Phi) is 4.30. The van der Waals surface area contributed by atoms with Crippen LogP contribution in [0.5, 0.6) is 0 Å². The van der Waals surface area contributed by atoms with Gasteiger partial charge in [-0.1, -0.05) is 30.5 Å². The lowest BCUT2D eigenvalue weighted by molar-refractivity contribution is 0.200. The van der Waals surface area contributed by atoms with Crippen molar-refractivity contribution in [2.24, 2.45) is 5.92 Å². The first-order valence-corrected chi connectivity index (χ1v) is 6.76. The molecule has 1 aromatic carbocycles. The molecule has 1 aromatic rings. The summed E-state index contributed by atoms with van der Waals surface area (Å²) in [7, 11) is 0. The highest BCUT2D eigenvalue weighted by Gasteiger charge is 2.16. The maximum atomic E-state index is 9.75. The molecule has 94 valence electrons. The summed E-state index contributed by atoms with van der Waals surface area (Å²) >= 11 is 6.12. The van der Waals surface area contributed by atoms with E-state index in [0.29, 0.717) is 5.02 Å². The summed E-state index contributed by atoms with van der Waals surface area (Å²) in [5.74, 6) is 0.774. The second-order valence-corrected chi connectivity index (χ2v) is 5.32. The molecule has 2 N–H and O–H groups in total. The lowest BCUT2D eigenvalue weighted by Crippen LogP contribution is -2.13. The van der Waals surface area contributed by atoms with Crippen molar-refractivity contribution < 1.29 is 5.11 Å². The Morgan fingerprint density at radius 3 is 2.76 bits per heavy atom. The molecule has 0 amide bonds. The minimum atomic E-state index is -0.533. The van der Waals surface area contributed by atoms with Crippen molar-refractivity contribution in [2.45, 2.75) is 38.7 Å². The molecular formula is C14H20ClNO. The molecule has 2 nitrogen and oxygen atoms in total. The zero-order valence-electron chi connectivity index (χ0n) is 10.2. The average Bonchev–Trinajstić information content (AvgIpc) is 2.78. The van der Waals surface area contributed by atoms with Crippen LogP contribution in [0.1, 0.15) is 44.3 Å². The van der Waals surface area contributed by atoms with Crippen LogP contribution in [-0.4, -0.2) is 11.7 Å². The molecule has 0 aliphatic heterocycles. The molecule has 0 aromatic heterocycles. The van der Waals surface area contributed by atoms with E-state index in [2.05, 4.69) is 5.32 Å². The molecule has 0 bridgehead atoms. The van der Waals surface area contributed by atoms with Crippen molar-refractivity contribution >= 4 is 17.3 Å². The fraction of sp³-hybridized carbons (Fsp3) is 0.571. The van der Waals surface area contributed by atoms with E-state index in [9.17, 15) is 5.11 Å². The number of nitrogens with one attached hydrogen (secondary N) is 1. The minimum Gasteiger partial charge on any atom is -0.389 e. The molecule has 1 unspecified atom stereocenters. The van der Waals surface area contributed by atoms with Crippen molar-refractivity contribution in [1.29, 1.82) is 0 Å². The minimum absolute atomic E-state index is 0.533. The third-order valence-corrected chi connectivity index (χ3v) is 3.86. The molecule has 1 aliphatic carbocycles. The zero-order chi connectivity index (χ0) is 12.3. The molecule has 0 heterocycles. The van der Waals surface area contributed by atoms with Crippen LogP contribution in [-0.2, 0) is 0 Å². The Morgan fingerprint density at radius 1 is 1.41 bits per heavy atom. The van der Waals surface area contributed by atoms with Gasteiger partial charge in [0.25, 0.3) is 0 Å². The highest BCUT2D eigenvalue weighted by atomic mass is 35.5. The summed E-state index contributed by atoms with van der Waals surface area (Å²) in [6, 6.07) is 5.73. The van der Waals surface area contributed by atoms with E-state index >= 15 is 0 Å². The maximum Gasteiger partial charge on any atom is 0.0796 e. The number of aliphatic hydroxyl groups is 1. The number of hydrogen-bond acceptors (Lipinski definition) is 2. The first-order chi connectivity index (χ1) is 8.18. The number of rotatable bonds is 4. The van der Waals surface area contributed by atoms with Crippen molar-refractivity contribution in [3.63, 3.8) is 0 Å². The zero-order valence-corrected chi connectivity index (χ0v) is 11.0. The standard InChI is InChI=1S/C14H20ClNO/c1-10(17)14-12(15)7-4-8-13(14)16-9-11-5-2-3-6-11/h4,7-8,10-11,16-17H,2-3,5-6,9H2,1H3. The summed E-state index contributed by atoms with van der Waals surface area (Å²) in [4.78, 5) is 0. The molecule has 2 rings (SSSR count). The third-order valence-electron chi connectivity index (χ3n) is 3.53. The molecule has 17 heavy (non-hydrogen) atoms. The first-order valence-electron chi connectivity index (χ1n) is 6.39. The maximum absolute atomic E-state index is 9.75. The number of hydrogen-bond donors (Lipinski definition) is 2. The molecule has 0 spiro atoms. The summed E-state index contributed by atoms with van der Waals surface area (Å²) in [6.45, 7) is 2.74. The highest BCUT2D eigenvalue weighted by Crippen LogP contribution is 2.31. The number of aliphatic hydroxyl groups excluding tert-OH is 1. The molecule has 1 aliphatic rings. The SMILES string of the molecule is CC(O)c1c(Cl)cccc1NCC1CCCC1. The van der Waals surface area contributed by atoms with Gasteiger partial charge in [0.1, 0.15) is 0 Å². The van der Waals surface area contributed by atoms with E-state index < -0.39 is 6.10 Å². The quantitative estimate of drug-likeness (QED) is 0.850. The van der Waals surface area contributed by atoms with E-state index in [1.165, 1.54) is 25.7 Å². The van der Waals surface area contributed by atoms with Gasteiger partial charge < -0.3 is 10.4 Å². The smallest absolute Gasteiger partial charge is 0.0796 e. The lowest BCUT2D eigenvalue weighted by Gasteiger charge is -2.17. The van der Waals surface area contributed by atoms with Gasteiger partial charge in [0, 0.05) is 22.8 Å².